The van der Waals surface area contributed by atoms with Gasteiger partial charge in [-0.25, -0.2) is 4.98 Å². The summed E-state index contributed by atoms with van der Waals surface area (Å²) in [5.41, 5.74) is 3.78. The number of aromatic nitrogens is 1. The average Bonchev–Trinajstić information content (AvgIpc) is 3.25. The molecule has 1 aromatic heterocycles. The highest BCUT2D eigenvalue weighted by Gasteiger charge is 2.30. The second-order valence-corrected chi connectivity index (χ2v) is 7.59. The van der Waals surface area contributed by atoms with Crippen LogP contribution in [0.25, 0.3) is 17.0 Å². The molecule has 2 aromatic carbocycles. The van der Waals surface area contributed by atoms with Gasteiger partial charge in [0.15, 0.2) is 5.13 Å². The van der Waals surface area contributed by atoms with Gasteiger partial charge >= 0.3 is 0 Å². The molecule has 28 heavy (non-hydrogen) atoms. The minimum Gasteiger partial charge on any atom is -0.308 e. The van der Waals surface area contributed by atoms with Crippen molar-refractivity contribution in [2.45, 2.75) is 6.42 Å². The number of hydrogen-bond donors (Lipinski definition) is 1. The third-order valence-corrected chi connectivity index (χ3v) is 5.50. The number of nitrogens with zero attached hydrogens (tertiary/aromatic N) is 2. The van der Waals surface area contributed by atoms with Gasteiger partial charge in [-0.05, 0) is 18.2 Å². The third-order valence-electron chi connectivity index (χ3n) is 4.49. The van der Waals surface area contributed by atoms with Crippen molar-refractivity contribution in [3.63, 3.8) is 0 Å². The number of fused-ring (bicyclic) bond motifs is 1. The molecule has 0 bridgehead atoms. The molecular weight excluding hydrogens is 394 g/mol. The van der Waals surface area contributed by atoms with Crippen LogP contribution in [0.2, 0.25) is 5.02 Å². The summed E-state index contributed by atoms with van der Waals surface area (Å²) in [4.78, 5) is 30.8. The Bertz CT molecular complexity index is 1040. The molecule has 3 aromatic rings. The normalized spacial score (nSPS) is 13.0. The number of hydrogen-bond acceptors (Lipinski definition) is 4. The smallest absolute Gasteiger partial charge is 0.258 e. The first-order chi connectivity index (χ1) is 13.5. The van der Waals surface area contributed by atoms with E-state index in [0.717, 1.165) is 16.8 Å². The Morgan fingerprint density at radius 3 is 2.57 bits per heavy atom. The van der Waals surface area contributed by atoms with Crippen molar-refractivity contribution in [2.24, 2.45) is 0 Å². The van der Waals surface area contributed by atoms with Crippen LogP contribution in [0.1, 0.15) is 22.3 Å². The van der Waals surface area contributed by atoms with Gasteiger partial charge in [-0.1, -0.05) is 48.5 Å². The average molecular weight is 410 g/mol. The van der Waals surface area contributed by atoms with Crippen LogP contribution in [0.5, 0.6) is 0 Å². The van der Waals surface area contributed by atoms with Crippen molar-refractivity contribution >= 4 is 45.6 Å². The van der Waals surface area contributed by atoms with Crippen LogP contribution in [0.15, 0.2) is 60.5 Å². The molecule has 0 saturated carbocycles. The fourth-order valence-electron chi connectivity index (χ4n) is 3.05. The lowest BCUT2D eigenvalue weighted by Gasteiger charge is -2.16. The number of rotatable bonds is 5. The first-order valence-electron chi connectivity index (χ1n) is 8.64. The van der Waals surface area contributed by atoms with Crippen LogP contribution in [-0.2, 0) is 4.79 Å². The Balaban J connectivity index is 1.36. The fraction of sp³-hybridized carbons (Fsp3) is 0.0952. The number of amides is 2. The zero-order valence-electron chi connectivity index (χ0n) is 14.8. The van der Waals surface area contributed by atoms with Gasteiger partial charge in [0.2, 0.25) is 5.91 Å². The molecular formula is C21H16ClN3O2S. The number of halogens is 1. The van der Waals surface area contributed by atoms with Crippen LogP contribution in [0.3, 0.4) is 0 Å². The fourth-order valence-corrected chi connectivity index (χ4v) is 3.91. The number of carbonyl (C=O) groups is 2. The van der Waals surface area contributed by atoms with E-state index in [0.29, 0.717) is 21.4 Å². The van der Waals surface area contributed by atoms with Gasteiger partial charge in [-0.15, -0.1) is 11.3 Å². The molecule has 140 valence electrons. The minimum atomic E-state index is -0.200. The van der Waals surface area contributed by atoms with Crippen molar-refractivity contribution in [1.82, 2.24) is 9.88 Å². The molecule has 0 aliphatic carbocycles. The highest BCUT2D eigenvalue weighted by Crippen LogP contribution is 2.31. The number of anilines is 1. The molecule has 1 N–H and O–H groups in total. The first kappa shape index (κ1) is 18.4. The summed E-state index contributed by atoms with van der Waals surface area (Å²) >= 11 is 7.25. The summed E-state index contributed by atoms with van der Waals surface area (Å²) in [5.74, 6) is -0.318. The van der Waals surface area contributed by atoms with Crippen LogP contribution in [0, 0.1) is 0 Å². The Labute approximate surface area is 171 Å². The number of thiazole rings is 1. The largest absolute Gasteiger partial charge is 0.308 e. The maximum Gasteiger partial charge on any atom is 0.258 e. The van der Waals surface area contributed by atoms with Crippen LogP contribution in [-0.4, -0.2) is 28.2 Å². The first-order valence-corrected chi connectivity index (χ1v) is 9.90. The lowest BCUT2D eigenvalue weighted by atomic mass is 10.1. The van der Waals surface area contributed by atoms with E-state index >= 15 is 0 Å². The Kier molecular flexibility index (Phi) is 4.98. The van der Waals surface area contributed by atoms with Gasteiger partial charge in [0.1, 0.15) is 0 Å². The summed E-state index contributed by atoms with van der Waals surface area (Å²) in [6.07, 6.45) is 0.161. The van der Waals surface area contributed by atoms with Gasteiger partial charge in [0.05, 0.1) is 5.69 Å². The molecule has 0 saturated heterocycles. The van der Waals surface area contributed by atoms with Crippen molar-refractivity contribution in [1.29, 1.82) is 0 Å². The third kappa shape index (κ3) is 3.56. The molecule has 2 amide bonds. The highest BCUT2D eigenvalue weighted by molar-refractivity contribution is 7.14. The zero-order chi connectivity index (χ0) is 19.7. The van der Waals surface area contributed by atoms with Crippen molar-refractivity contribution < 1.29 is 9.59 Å². The molecule has 1 aliphatic rings. The molecule has 2 heterocycles. The van der Waals surface area contributed by atoms with E-state index in [2.05, 4.69) is 16.9 Å². The molecule has 0 fully saturated rings. The monoisotopic (exact) mass is 409 g/mol. The molecule has 0 unspecified atom stereocenters. The van der Waals surface area contributed by atoms with Crippen molar-refractivity contribution in [3.8, 4) is 11.3 Å². The number of benzene rings is 2. The molecule has 7 heteroatoms. The van der Waals surface area contributed by atoms with Crippen LogP contribution < -0.4 is 5.32 Å². The SMILES string of the molecule is C=C1c2ccccc2C(=O)N1CCC(=O)Nc1nc(-c2ccc(Cl)cc2)cs1. The van der Waals surface area contributed by atoms with E-state index in [9.17, 15) is 9.59 Å². The number of nitrogens with one attached hydrogen (secondary N) is 1. The zero-order valence-corrected chi connectivity index (χ0v) is 16.4. The van der Waals surface area contributed by atoms with Gasteiger partial charge < -0.3 is 10.2 Å². The molecule has 4 rings (SSSR count). The van der Waals surface area contributed by atoms with Gasteiger partial charge in [0.25, 0.3) is 5.91 Å². The Hall–Kier alpha value is -2.96. The lowest BCUT2D eigenvalue weighted by Crippen LogP contribution is -2.27. The molecule has 1 aliphatic heterocycles. The lowest BCUT2D eigenvalue weighted by molar-refractivity contribution is -0.116. The molecule has 0 radical (unpaired) electrons. The van der Waals surface area contributed by atoms with E-state index in [4.69, 9.17) is 11.6 Å². The minimum absolute atomic E-state index is 0.118. The maximum absolute atomic E-state index is 12.5. The number of carbonyl (C=O) groups excluding carboxylic acids is 2. The van der Waals surface area contributed by atoms with Crippen LogP contribution >= 0.6 is 22.9 Å². The summed E-state index contributed by atoms with van der Waals surface area (Å²) in [5, 5.41) is 5.85. The quantitative estimate of drug-likeness (QED) is 0.650. The predicted molar refractivity (Wildman–Crippen MR) is 112 cm³/mol. The van der Waals surface area contributed by atoms with Gasteiger partial charge in [-0.2, -0.15) is 0 Å². The van der Waals surface area contributed by atoms with E-state index in [1.165, 1.54) is 11.3 Å². The van der Waals surface area contributed by atoms with E-state index in [-0.39, 0.29) is 24.8 Å². The van der Waals surface area contributed by atoms with E-state index in [1.54, 1.807) is 23.1 Å². The predicted octanol–water partition coefficient (Wildman–Crippen LogP) is 4.92. The summed E-state index contributed by atoms with van der Waals surface area (Å²) in [6.45, 7) is 4.26. The van der Waals surface area contributed by atoms with Crippen molar-refractivity contribution in [2.75, 3.05) is 11.9 Å². The Morgan fingerprint density at radius 2 is 1.86 bits per heavy atom. The maximum atomic E-state index is 12.5. The van der Waals surface area contributed by atoms with Gasteiger partial charge in [-0.3, -0.25) is 9.59 Å². The standard InChI is InChI=1S/C21H16ClN3O2S/c1-13-16-4-2-3-5-17(16)20(27)25(13)11-10-19(26)24-21-23-18(12-28-21)14-6-8-15(22)9-7-14/h2-9,12H,1,10-11H2,(H,23,24,26). The second-order valence-electron chi connectivity index (χ2n) is 6.29. The van der Waals surface area contributed by atoms with E-state index < -0.39 is 0 Å². The van der Waals surface area contributed by atoms with Gasteiger partial charge in [0, 0.05) is 45.8 Å². The molecule has 5 nitrogen and oxygen atoms in total. The summed E-state index contributed by atoms with van der Waals surface area (Å²) in [6, 6.07) is 14.7. The topological polar surface area (TPSA) is 62.3 Å². The second kappa shape index (κ2) is 7.58. The van der Waals surface area contributed by atoms with Crippen LogP contribution in [0.4, 0.5) is 5.13 Å². The Morgan fingerprint density at radius 1 is 1.14 bits per heavy atom. The molecule has 0 atom stereocenters. The van der Waals surface area contributed by atoms with E-state index in [1.807, 2.05) is 35.7 Å². The summed E-state index contributed by atoms with van der Waals surface area (Å²) in [7, 11) is 0. The van der Waals surface area contributed by atoms with Crippen molar-refractivity contribution in [3.05, 3.63) is 76.6 Å². The highest BCUT2D eigenvalue weighted by atomic mass is 35.5. The summed E-state index contributed by atoms with van der Waals surface area (Å²) < 4.78 is 0. The molecule has 0 spiro atoms.